The predicted molar refractivity (Wildman–Crippen MR) is 60.0 cm³/mol. The molecule has 0 aliphatic heterocycles. The molecule has 4 N–H and O–H groups in total. The molecule has 86 valence electrons. The molecule has 0 atom stereocenters. The molecule has 1 rings (SSSR count). The van der Waals surface area contributed by atoms with E-state index in [1.165, 1.54) is 6.20 Å². The Morgan fingerprint density at radius 2 is 2.12 bits per heavy atom. The zero-order valence-corrected chi connectivity index (χ0v) is 9.07. The zero-order chi connectivity index (χ0) is 12.0. The van der Waals surface area contributed by atoms with Crippen molar-refractivity contribution in [1.29, 1.82) is 0 Å². The normalized spacial score (nSPS) is 11.0. The largest absolute Gasteiger partial charge is 0.458 e. The monoisotopic (exact) mass is 242 g/mol. The first kappa shape index (κ1) is 12.4. The Morgan fingerprint density at radius 3 is 2.62 bits per heavy atom. The van der Waals surface area contributed by atoms with Gasteiger partial charge in [-0.2, -0.15) is 0 Å². The molecule has 0 bridgehead atoms. The maximum atomic E-state index is 10.4. The van der Waals surface area contributed by atoms with Crippen molar-refractivity contribution in [3.63, 3.8) is 0 Å². The van der Waals surface area contributed by atoms with Crippen molar-refractivity contribution < 1.29 is 14.6 Å². The molecule has 0 saturated heterocycles. The maximum Gasteiger partial charge on any atom is 0.316 e. The van der Waals surface area contributed by atoms with Crippen molar-refractivity contribution in [1.82, 2.24) is 5.32 Å². The van der Waals surface area contributed by atoms with Crippen molar-refractivity contribution >= 4 is 17.6 Å². The number of aliphatic hydroxyl groups excluding tert-OH is 1. The van der Waals surface area contributed by atoms with Crippen molar-refractivity contribution in [3.05, 3.63) is 41.2 Å². The van der Waals surface area contributed by atoms with Crippen LogP contribution in [0, 0.1) is 0 Å². The summed E-state index contributed by atoms with van der Waals surface area (Å²) in [6.45, 7) is -0.358. The lowest BCUT2D eigenvalue weighted by atomic mass is 10.3. The van der Waals surface area contributed by atoms with Crippen LogP contribution in [-0.2, 0) is 0 Å². The van der Waals surface area contributed by atoms with E-state index in [9.17, 15) is 4.79 Å². The Balaban J connectivity index is 2.66. The summed E-state index contributed by atoms with van der Waals surface area (Å²) in [6, 6.07) is 5.83. The van der Waals surface area contributed by atoms with E-state index in [-0.39, 0.29) is 12.4 Å². The summed E-state index contributed by atoms with van der Waals surface area (Å²) in [5.41, 5.74) is 4.86. The van der Waals surface area contributed by atoms with Crippen molar-refractivity contribution in [3.8, 4) is 5.75 Å². The average Bonchev–Trinajstić information content (AvgIpc) is 2.26. The van der Waals surface area contributed by atoms with Gasteiger partial charge in [-0.3, -0.25) is 0 Å². The van der Waals surface area contributed by atoms with Gasteiger partial charge in [-0.15, -0.1) is 0 Å². The summed E-state index contributed by atoms with van der Waals surface area (Å²) in [5, 5.41) is 11.7. The number of halogens is 1. The van der Waals surface area contributed by atoms with Gasteiger partial charge in [0.2, 0.25) is 0 Å². The van der Waals surface area contributed by atoms with Gasteiger partial charge < -0.3 is 20.9 Å². The van der Waals surface area contributed by atoms with E-state index in [0.717, 1.165) is 0 Å². The van der Waals surface area contributed by atoms with Crippen molar-refractivity contribution in [2.24, 2.45) is 5.73 Å². The van der Waals surface area contributed by atoms with Crippen LogP contribution in [0.1, 0.15) is 0 Å². The van der Waals surface area contributed by atoms with Crippen molar-refractivity contribution in [2.45, 2.75) is 0 Å². The number of rotatable bonds is 4. The number of nitrogens with two attached hydrogens (primary N) is 1. The lowest BCUT2D eigenvalue weighted by molar-refractivity contribution is 0.248. The number of ether oxygens (including phenoxy) is 1. The lowest BCUT2D eigenvalue weighted by Gasteiger charge is -2.07. The Kier molecular flexibility index (Phi) is 4.63. The van der Waals surface area contributed by atoms with Gasteiger partial charge in [0.25, 0.3) is 0 Å². The van der Waals surface area contributed by atoms with Gasteiger partial charge in [-0.25, -0.2) is 4.79 Å². The van der Waals surface area contributed by atoms with E-state index in [4.69, 9.17) is 27.2 Å². The third-order valence-corrected chi connectivity index (χ3v) is 1.85. The fraction of sp³-hybridized carbons (Fsp3) is 0.100. The first-order valence-corrected chi connectivity index (χ1v) is 4.79. The van der Waals surface area contributed by atoms with Crippen LogP contribution in [0.25, 0.3) is 0 Å². The number of primary amides is 1. The molecule has 0 aliphatic rings. The first-order valence-electron chi connectivity index (χ1n) is 4.41. The highest BCUT2D eigenvalue weighted by molar-refractivity contribution is 6.30. The summed E-state index contributed by atoms with van der Waals surface area (Å²) < 4.78 is 5.25. The number of benzene rings is 1. The van der Waals surface area contributed by atoms with Crippen LogP contribution in [0.3, 0.4) is 0 Å². The van der Waals surface area contributed by atoms with Crippen LogP contribution in [0.5, 0.6) is 5.75 Å². The molecule has 0 spiro atoms. The number of aliphatic hydroxyl groups is 1. The van der Waals surface area contributed by atoms with Gasteiger partial charge in [-0.05, 0) is 24.3 Å². The molecular weight excluding hydrogens is 232 g/mol. The SMILES string of the molecule is NC(=O)N/C=C(/CO)Oc1ccc(Cl)cc1. The number of carbonyl (C=O) groups excluding carboxylic acids is 1. The molecule has 0 unspecified atom stereocenters. The minimum Gasteiger partial charge on any atom is -0.458 e. The third-order valence-electron chi connectivity index (χ3n) is 1.59. The van der Waals surface area contributed by atoms with Gasteiger partial charge in [0.15, 0.2) is 0 Å². The molecule has 0 radical (unpaired) electrons. The second-order valence-electron chi connectivity index (χ2n) is 2.83. The molecule has 16 heavy (non-hydrogen) atoms. The third kappa shape index (κ3) is 4.20. The summed E-state index contributed by atoms with van der Waals surface area (Å²) in [6.07, 6.45) is 1.19. The highest BCUT2D eigenvalue weighted by Gasteiger charge is 2.00. The molecule has 6 heteroatoms. The molecule has 1 aromatic carbocycles. The average molecular weight is 243 g/mol. The number of hydrogen-bond donors (Lipinski definition) is 3. The van der Waals surface area contributed by atoms with Crippen LogP contribution >= 0.6 is 11.6 Å². The summed E-state index contributed by atoms with van der Waals surface area (Å²) in [7, 11) is 0. The number of carbonyl (C=O) groups is 1. The molecule has 0 heterocycles. The van der Waals surface area contributed by atoms with Gasteiger partial charge in [0.1, 0.15) is 18.1 Å². The van der Waals surface area contributed by atoms with Crippen LogP contribution in [0.15, 0.2) is 36.2 Å². The second kappa shape index (κ2) is 5.99. The molecule has 2 amide bonds. The van der Waals surface area contributed by atoms with Gasteiger partial charge in [0, 0.05) is 11.2 Å². The van der Waals surface area contributed by atoms with E-state index < -0.39 is 6.03 Å². The van der Waals surface area contributed by atoms with Gasteiger partial charge >= 0.3 is 6.03 Å². The minimum absolute atomic E-state index is 0.168. The van der Waals surface area contributed by atoms with Crippen LogP contribution < -0.4 is 15.8 Å². The van der Waals surface area contributed by atoms with Crippen molar-refractivity contribution in [2.75, 3.05) is 6.61 Å². The molecular formula is C10H11ClN2O3. The van der Waals surface area contributed by atoms with Gasteiger partial charge in [0.05, 0.1) is 0 Å². The minimum atomic E-state index is -0.731. The standard InChI is InChI=1S/C10H11ClN2O3/c11-7-1-3-8(4-2-7)16-9(6-14)5-13-10(12)15/h1-5,14H,6H2,(H3,12,13,15)/b9-5-. The maximum absolute atomic E-state index is 10.4. The number of nitrogens with one attached hydrogen (secondary N) is 1. The molecule has 0 fully saturated rings. The molecule has 0 aromatic heterocycles. The quantitative estimate of drug-likeness (QED) is 0.694. The first-order chi connectivity index (χ1) is 7.61. The summed E-state index contributed by atoms with van der Waals surface area (Å²) >= 11 is 5.69. The van der Waals surface area contributed by atoms with Crippen LogP contribution in [0.2, 0.25) is 5.02 Å². The van der Waals surface area contributed by atoms with Crippen LogP contribution in [0.4, 0.5) is 4.79 Å². The Hall–Kier alpha value is -1.72. The number of urea groups is 1. The fourth-order valence-electron chi connectivity index (χ4n) is 0.913. The van der Waals surface area contributed by atoms with Gasteiger partial charge in [-0.1, -0.05) is 11.6 Å². The molecule has 0 aliphatic carbocycles. The fourth-order valence-corrected chi connectivity index (χ4v) is 1.04. The number of amides is 2. The summed E-state index contributed by atoms with van der Waals surface area (Å²) in [4.78, 5) is 10.4. The highest BCUT2D eigenvalue weighted by atomic mass is 35.5. The van der Waals surface area contributed by atoms with E-state index in [0.29, 0.717) is 10.8 Å². The van der Waals surface area contributed by atoms with E-state index in [1.807, 2.05) is 0 Å². The zero-order valence-electron chi connectivity index (χ0n) is 8.31. The van der Waals surface area contributed by atoms with E-state index in [2.05, 4.69) is 5.32 Å². The van der Waals surface area contributed by atoms with E-state index >= 15 is 0 Å². The highest BCUT2D eigenvalue weighted by Crippen LogP contribution is 2.17. The molecule has 1 aromatic rings. The topological polar surface area (TPSA) is 84.6 Å². The number of hydrogen-bond acceptors (Lipinski definition) is 3. The Bertz CT molecular complexity index is 390. The Labute approximate surface area is 97.5 Å². The summed E-state index contributed by atoms with van der Waals surface area (Å²) in [5.74, 6) is 0.664. The van der Waals surface area contributed by atoms with E-state index in [1.54, 1.807) is 24.3 Å². The Morgan fingerprint density at radius 1 is 1.50 bits per heavy atom. The predicted octanol–water partition coefficient (Wildman–Crippen LogP) is 1.22. The lowest BCUT2D eigenvalue weighted by Crippen LogP contribution is -2.25. The second-order valence-corrected chi connectivity index (χ2v) is 3.27. The molecule has 0 saturated carbocycles. The smallest absolute Gasteiger partial charge is 0.316 e. The van der Waals surface area contributed by atoms with Crippen LogP contribution in [-0.4, -0.2) is 17.7 Å². The molecule has 5 nitrogen and oxygen atoms in total.